The van der Waals surface area contributed by atoms with Gasteiger partial charge in [-0.05, 0) is 54.8 Å². The van der Waals surface area contributed by atoms with Crippen LogP contribution in [0.15, 0.2) is 29.9 Å². The molecule has 2 N–H and O–H groups in total. The molecule has 0 radical (unpaired) electrons. The molecule has 4 rings (SSSR count). The van der Waals surface area contributed by atoms with Crippen molar-refractivity contribution in [3.05, 3.63) is 41.2 Å². The first-order chi connectivity index (χ1) is 10.3. The van der Waals surface area contributed by atoms with E-state index in [1.54, 1.807) is 11.3 Å². The molecule has 106 valence electrons. The number of nitrogens with two attached hydrogens (primary N) is 1. The monoisotopic (exact) mass is 296 g/mol. The van der Waals surface area contributed by atoms with Crippen molar-refractivity contribution in [1.82, 2.24) is 15.0 Å². The predicted octanol–water partition coefficient (Wildman–Crippen LogP) is 2.82. The van der Waals surface area contributed by atoms with E-state index < -0.39 is 0 Å². The van der Waals surface area contributed by atoms with E-state index in [2.05, 4.69) is 21.4 Å². The lowest BCUT2D eigenvalue weighted by Crippen LogP contribution is -2.23. The molecule has 5 heteroatoms. The third kappa shape index (κ3) is 2.32. The Morgan fingerprint density at radius 2 is 2.24 bits per heavy atom. The average molecular weight is 296 g/mol. The van der Waals surface area contributed by atoms with Gasteiger partial charge in [-0.2, -0.15) is 0 Å². The Balaban J connectivity index is 1.72. The Labute approximate surface area is 127 Å². The van der Waals surface area contributed by atoms with E-state index in [0.717, 1.165) is 42.7 Å². The summed E-state index contributed by atoms with van der Waals surface area (Å²) in [4.78, 5) is 13.8. The fourth-order valence-electron chi connectivity index (χ4n) is 2.89. The highest BCUT2D eigenvalue weighted by molar-refractivity contribution is 7.17. The van der Waals surface area contributed by atoms with Gasteiger partial charge in [-0.25, -0.2) is 9.97 Å². The van der Waals surface area contributed by atoms with Crippen molar-refractivity contribution >= 4 is 21.6 Å². The summed E-state index contributed by atoms with van der Waals surface area (Å²) in [7, 11) is 0. The van der Waals surface area contributed by atoms with E-state index in [-0.39, 0.29) is 0 Å². The Hall–Kier alpha value is -1.85. The molecule has 0 bridgehead atoms. The van der Waals surface area contributed by atoms with Gasteiger partial charge in [0.15, 0.2) is 5.82 Å². The van der Waals surface area contributed by atoms with Gasteiger partial charge in [-0.15, -0.1) is 11.3 Å². The van der Waals surface area contributed by atoms with E-state index in [1.807, 2.05) is 18.5 Å². The van der Waals surface area contributed by atoms with Crippen LogP contribution in [0.2, 0.25) is 0 Å². The number of aromatic nitrogens is 3. The number of fused-ring (bicyclic) bond motifs is 2. The highest BCUT2D eigenvalue weighted by Crippen LogP contribution is 2.27. The van der Waals surface area contributed by atoms with Crippen LogP contribution in [0.1, 0.15) is 17.7 Å². The largest absolute Gasteiger partial charge is 0.330 e. The van der Waals surface area contributed by atoms with Gasteiger partial charge >= 0.3 is 0 Å². The summed E-state index contributed by atoms with van der Waals surface area (Å²) in [6, 6.07) is 4.16. The van der Waals surface area contributed by atoms with E-state index in [0.29, 0.717) is 5.92 Å². The van der Waals surface area contributed by atoms with Crippen LogP contribution in [0, 0.1) is 5.92 Å². The molecular weight excluding hydrogens is 280 g/mol. The van der Waals surface area contributed by atoms with Crippen LogP contribution in [0.5, 0.6) is 0 Å². The lowest BCUT2D eigenvalue weighted by molar-refractivity contribution is 0.462. The third-order valence-electron chi connectivity index (χ3n) is 4.15. The molecule has 3 aromatic heterocycles. The number of aryl methyl sites for hydroxylation is 1. The molecule has 3 heterocycles. The van der Waals surface area contributed by atoms with Crippen molar-refractivity contribution in [3.63, 3.8) is 0 Å². The summed E-state index contributed by atoms with van der Waals surface area (Å²) < 4.78 is 1.18. The van der Waals surface area contributed by atoms with Gasteiger partial charge in [-0.1, -0.05) is 0 Å². The van der Waals surface area contributed by atoms with E-state index in [9.17, 15) is 0 Å². The normalized spacial score (nSPS) is 17.9. The molecule has 1 aliphatic rings. The standard InChI is InChI=1S/C16H16N4S/c17-7-10-1-2-13-11(5-10)8-19-16(20-13)12-6-15-14(18-9-12)3-4-21-15/h3-4,6,8-10H,1-2,5,7,17H2. The fourth-order valence-corrected chi connectivity index (χ4v) is 3.67. The zero-order chi connectivity index (χ0) is 14.2. The van der Waals surface area contributed by atoms with Crippen LogP contribution in [-0.2, 0) is 12.8 Å². The predicted molar refractivity (Wildman–Crippen MR) is 85.2 cm³/mol. The summed E-state index contributed by atoms with van der Waals surface area (Å²) in [5.41, 5.74) is 10.2. The van der Waals surface area contributed by atoms with E-state index >= 15 is 0 Å². The van der Waals surface area contributed by atoms with Gasteiger partial charge in [-0.3, -0.25) is 4.98 Å². The molecule has 0 fully saturated rings. The van der Waals surface area contributed by atoms with Crippen LogP contribution < -0.4 is 5.73 Å². The molecule has 1 unspecified atom stereocenters. The number of rotatable bonds is 2. The number of nitrogens with zero attached hydrogens (tertiary/aromatic N) is 3. The molecular formula is C16H16N4S. The minimum Gasteiger partial charge on any atom is -0.330 e. The Morgan fingerprint density at radius 1 is 1.29 bits per heavy atom. The number of hydrogen-bond donors (Lipinski definition) is 1. The zero-order valence-corrected chi connectivity index (χ0v) is 12.4. The molecule has 0 saturated carbocycles. The minimum absolute atomic E-state index is 0.580. The maximum atomic E-state index is 5.78. The van der Waals surface area contributed by atoms with E-state index in [4.69, 9.17) is 10.7 Å². The summed E-state index contributed by atoms with van der Waals surface area (Å²) in [6.45, 7) is 0.750. The van der Waals surface area contributed by atoms with E-state index in [1.165, 1.54) is 16.0 Å². The number of pyridine rings is 1. The Kier molecular flexibility index (Phi) is 3.16. The average Bonchev–Trinajstić information content (AvgIpc) is 3.01. The van der Waals surface area contributed by atoms with Crippen LogP contribution >= 0.6 is 11.3 Å². The van der Waals surface area contributed by atoms with Crippen molar-refractivity contribution in [2.75, 3.05) is 6.54 Å². The van der Waals surface area contributed by atoms with Crippen LogP contribution in [0.4, 0.5) is 0 Å². The van der Waals surface area contributed by atoms with Crippen LogP contribution in [0.25, 0.3) is 21.6 Å². The van der Waals surface area contributed by atoms with Gasteiger partial charge < -0.3 is 5.73 Å². The van der Waals surface area contributed by atoms with Crippen molar-refractivity contribution in [1.29, 1.82) is 0 Å². The SMILES string of the molecule is NCC1CCc2nc(-c3cnc4ccsc4c3)ncc2C1. The molecule has 0 spiro atoms. The van der Waals surface area contributed by atoms with Crippen molar-refractivity contribution in [3.8, 4) is 11.4 Å². The Morgan fingerprint density at radius 3 is 3.14 bits per heavy atom. The molecule has 21 heavy (non-hydrogen) atoms. The van der Waals surface area contributed by atoms with Crippen LogP contribution in [0.3, 0.4) is 0 Å². The second-order valence-corrected chi connectivity index (χ2v) is 6.49. The molecule has 4 nitrogen and oxygen atoms in total. The van der Waals surface area contributed by atoms with Crippen molar-refractivity contribution in [2.24, 2.45) is 11.7 Å². The molecule has 1 atom stereocenters. The number of hydrogen-bond acceptors (Lipinski definition) is 5. The summed E-state index contributed by atoms with van der Waals surface area (Å²) in [6.07, 6.45) is 6.97. The summed E-state index contributed by atoms with van der Waals surface area (Å²) in [5, 5.41) is 2.06. The summed E-state index contributed by atoms with van der Waals surface area (Å²) >= 11 is 1.70. The second-order valence-electron chi connectivity index (χ2n) is 5.54. The lowest BCUT2D eigenvalue weighted by Gasteiger charge is -2.22. The van der Waals surface area contributed by atoms with Crippen LogP contribution in [-0.4, -0.2) is 21.5 Å². The maximum Gasteiger partial charge on any atom is 0.160 e. The molecule has 0 saturated heterocycles. The summed E-state index contributed by atoms with van der Waals surface area (Å²) in [5.74, 6) is 1.36. The molecule has 3 aromatic rings. The first kappa shape index (κ1) is 12.9. The molecule has 0 aromatic carbocycles. The molecule has 0 aliphatic heterocycles. The van der Waals surface area contributed by atoms with Gasteiger partial charge in [0.2, 0.25) is 0 Å². The first-order valence-corrected chi connectivity index (χ1v) is 8.10. The first-order valence-electron chi connectivity index (χ1n) is 7.22. The highest BCUT2D eigenvalue weighted by atomic mass is 32.1. The number of thiophene rings is 1. The Bertz CT molecular complexity index is 796. The lowest BCUT2D eigenvalue weighted by atomic mass is 9.87. The minimum atomic E-state index is 0.580. The second kappa shape index (κ2) is 5.16. The quantitative estimate of drug-likeness (QED) is 0.790. The molecule has 0 amide bonds. The third-order valence-corrected chi connectivity index (χ3v) is 5.00. The smallest absolute Gasteiger partial charge is 0.160 e. The van der Waals surface area contributed by atoms with Gasteiger partial charge in [0.25, 0.3) is 0 Å². The van der Waals surface area contributed by atoms with Gasteiger partial charge in [0.1, 0.15) is 0 Å². The fraction of sp³-hybridized carbons (Fsp3) is 0.312. The van der Waals surface area contributed by atoms with Crippen molar-refractivity contribution < 1.29 is 0 Å². The maximum absolute atomic E-state index is 5.78. The topological polar surface area (TPSA) is 64.7 Å². The van der Waals surface area contributed by atoms with Gasteiger partial charge in [0, 0.05) is 23.7 Å². The molecule has 1 aliphatic carbocycles. The van der Waals surface area contributed by atoms with Crippen molar-refractivity contribution in [2.45, 2.75) is 19.3 Å². The highest BCUT2D eigenvalue weighted by Gasteiger charge is 2.19. The van der Waals surface area contributed by atoms with Gasteiger partial charge in [0.05, 0.1) is 10.2 Å². The zero-order valence-electron chi connectivity index (χ0n) is 11.6.